The van der Waals surface area contributed by atoms with Crippen molar-refractivity contribution in [2.45, 2.75) is 0 Å². The first-order chi connectivity index (χ1) is 5.88. The lowest BCUT2D eigenvalue weighted by molar-refractivity contribution is 0.957. The first-order valence-electron chi connectivity index (χ1n) is 3.39. The topological polar surface area (TPSA) is 63.6 Å². The number of aromatic nitrogens is 4. The summed E-state index contributed by atoms with van der Waals surface area (Å²) in [6, 6.07) is 0. The van der Waals surface area contributed by atoms with E-state index in [0.29, 0.717) is 5.69 Å². The van der Waals surface area contributed by atoms with Crippen LogP contribution >= 0.6 is 0 Å². The fourth-order valence-electron chi connectivity index (χ4n) is 0.939. The molecule has 0 aromatic carbocycles. The molecule has 0 saturated carbocycles. The summed E-state index contributed by atoms with van der Waals surface area (Å²) in [6.07, 6.45) is 7.75. The fourth-order valence-corrected chi connectivity index (χ4v) is 0.939. The van der Waals surface area contributed by atoms with Crippen LogP contribution in [0.4, 0.5) is 0 Å². The second-order valence-corrected chi connectivity index (χ2v) is 2.23. The molecule has 2 rings (SSSR count). The van der Waals surface area contributed by atoms with Gasteiger partial charge in [0.15, 0.2) is 0 Å². The van der Waals surface area contributed by atoms with Gasteiger partial charge in [-0.15, -0.1) is 0 Å². The molecule has 2 aromatic heterocycles. The predicted molar refractivity (Wildman–Crippen MR) is 42.0 cm³/mol. The Morgan fingerprint density at radius 1 is 1.33 bits per heavy atom. The largest absolute Gasteiger partial charge is 0.330 e. The van der Waals surface area contributed by atoms with Crippen molar-refractivity contribution in [3.63, 3.8) is 0 Å². The molecule has 0 atom stereocenters. The van der Waals surface area contributed by atoms with Crippen molar-refractivity contribution in [2.75, 3.05) is 0 Å². The van der Waals surface area contributed by atoms with E-state index in [1.807, 2.05) is 0 Å². The van der Waals surface area contributed by atoms with Gasteiger partial charge in [-0.3, -0.25) is 4.57 Å². The number of H-pyrrole nitrogens is 1. The van der Waals surface area contributed by atoms with Crippen LogP contribution in [0.1, 0.15) is 0 Å². The van der Waals surface area contributed by atoms with Crippen molar-refractivity contribution in [1.82, 2.24) is 19.5 Å². The van der Waals surface area contributed by atoms with Gasteiger partial charge in [0.05, 0.1) is 18.1 Å². The van der Waals surface area contributed by atoms with Gasteiger partial charge in [0.1, 0.15) is 6.33 Å². The molecule has 2 heterocycles. The highest BCUT2D eigenvalue weighted by atomic mass is 16.1. The SMILES string of the molecule is O=c1[nH]ccn1-c1cncnc1. The summed E-state index contributed by atoms with van der Waals surface area (Å²) in [4.78, 5) is 21.2. The molecule has 0 aliphatic heterocycles. The second-order valence-electron chi connectivity index (χ2n) is 2.23. The first kappa shape index (κ1) is 6.78. The van der Waals surface area contributed by atoms with E-state index in [4.69, 9.17) is 0 Å². The monoisotopic (exact) mass is 162 g/mol. The highest BCUT2D eigenvalue weighted by Gasteiger charge is 1.97. The fraction of sp³-hybridized carbons (Fsp3) is 0. The summed E-state index contributed by atoms with van der Waals surface area (Å²) in [7, 11) is 0. The lowest BCUT2D eigenvalue weighted by Crippen LogP contribution is -2.14. The number of imidazole rings is 1. The van der Waals surface area contributed by atoms with Gasteiger partial charge in [0.25, 0.3) is 0 Å². The van der Waals surface area contributed by atoms with E-state index in [2.05, 4.69) is 15.0 Å². The van der Waals surface area contributed by atoms with Crippen LogP contribution in [0.5, 0.6) is 0 Å². The van der Waals surface area contributed by atoms with E-state index < -0.39 is 0 Å². The van der Waals surface area contributed by atoms with Crippen molar-refractivity contribution in [3.05, 3.63) is 41.6 Å². The van der Waals surface area contributed by atoms with Gasteiger partial charge in [-0.2, -0.15) is 0 Å². The number of nitrogens with zero attached hydrogens (tertiary/aromatic N) is 3. The van der Waals surface area contributed by atoms with E-state index in [1.54, 1.807) is 24.8 Å². The van der Waals surface area contributed by atoms with Crippen molar-refractivity contribution >= 4 is 0 Å². The van der Waals surface area contributed by atoms with Crippen LogP contribution in [0.3, 0.4) is 0 Å². The highest BCUT2D eigenvalue weighted by Crippen LogP contribution is 1.96. The Kier molecular flexibility index (Phi) is 1.48. The average Bonchev–Trinajstić information content (AvgIpc) is 2.53. The van der Waals surface area contributed by atoms with E-state index >= 15 is 0 Å². The maximum atomic E-state index is 11.1. The Bertz CT molecular complexity index is 416. The number of aromatic amines is 1. The van der Waals surface area contributed by atoms with Crippen LogP contribution in [0.2, 0.25) is 0 Å². The van der Waals surface area contributed by atoms with Gasteiger partial charge in [0, 0.05) is 12.4 Å². The van der Waals surface area contributed by atoms with Crippen molar-refractivity contribution < 1.29 is 0 Å². The summed E-state index contributed by atoms with van der Waals surface area (Å²) >= 11 is 0. The maximum Gasteiger partial charge on any atom is 0.330 e. The normalized spacial score (nSPS) is 10.0. The van der Waals surface area contributed by atoms with Crippen LogP contribution in [-0.2, 0) is 0 Å². The Labute approximate surface area is 67.7 Å². The third-order valence-electron chi connectivity index (χ3n) is 1.47. The van der Waals surface area contributed by atoms with Crippen LogP contribution < -0.4 is 5.69 Å². The summed E-state index contributed by atoms with van der Waals surface area (Å²) in [5, 5.41) is 0. The van der Waals surface area contributed by atoms with Gasteiger partial charge in [0.2, 0.25) is 0 Å². The smallest absolute Gasteiger partial charge is 0.312 e. The Balaban J connectivity index is 2.59. The molecule has 0 amide bonds. The van der Waals surface area contributed by atoms with Gasteiger partial charge < -0.3 is 4.98 Å². The number of rotatable bonds is 1. The molecule has 0 aliphatic rings. The van der Waals surface area contributed by atoms with E-state index in [9.17, 15) is 4.79 Å². The zero-order chi connectivity index (χ0) is 8.39. The molecule has 2 aromatic rings. The molecule has 0 aliphatic carbocycles. The lowest BCUT2D eigenvalue weighted by atomic mass is 10.5. The van der Waals surface area contributed by atoms with Gasteiger partial charge in [-0.1, -0.05) is 0 Å². The van der Waals surface area contributed by atoms with E-state index in [1.165, 1.54) is 10.9 Å². The van der Waals surface area contributed by atoms with Crippen LogP contribution in [0.25, 0.3) is 5.69 Å². The zero-order valence-electron chi connectivity index (χ0n) is 6.14. The van der Waals surface area contributed by atoms with Crippen LogP contribution in [0, 0.1) is 0 Å². The Morgan fingerprint density at radius 3 is 2.67 bits per heavy atom. The summed E-state index contributed by atoms with van der Waals surface area (Å²) in [5.74, 6) is 0. The van der Waals surface area contributed by atoms with Crippen molar-refractivity contribution in [1.29, 1.82) is 0 Å². The molecule has 0 bridgehead atoms. The molecular weight excluding hydrogens is 156 g/mol. The van der Waals surface area contributed by atoms with Crippen molar-refractivity contribution in [3.8, 4) is 5.69 Å². The number of hydrogen-bond acceptors (Lipinski definition) is 3. The number of hydrogen-bond donors (Lipinski definition) is 1. The minimum absolute atomic E-state index is 0.190. The Hall–Kier alpha value is -1.91. The molecule has 0 radical (unpaired) electrons. The standard InChI is InChI=1S/C7H6N4O/c12-7-10-1-2-11(7)6-3-8-5-9-4-6/h1-5H,(H,10,12). The van der Waals surface area contributed by atoms with E-state index in [0.717, 1.165) is 0 Å². The third-order valence-corrected chi connectivity index (χ3v) is 1.47. The Morgan fingerprint density at radius 2 is 2.08 bits per heavy atom. The van der Waals surface area contributed by atoms with Gasteiger partial charge >= 0.3 is 5.69 Å². The molecule has 1 N–H and O–H groups in total. The third kappa shape index (κ3) is 1.01. The molecule has 0 unspecified atom stereocenters. The quantitative estimate of drug-likeness (QED) is 0.639. The number of nitrogens with one attached hydrogen (secondary N) is 1. The summed E-state index contributed by atoms with van der Waals surface area (Å²) in [6.45, 7) is 0. The first-order valence-corrected chi connectivity index (χ1v) is 3.39. The molecule has 0 spiro atoms. The lowest BCUT2D eigenvalue weighted by Gasteiger charge is -1.96. The zero-order valence-corrected chi connectivity index (χ0v) is 6.14. The predicted octanol–water partition coefficient (Wildman–Crippen LogP) is -0.0444. The molecule has 5 nitrogen and oxygen atoms in total. The molecule has 0 saturated heterocycles. The second kappa shape index (κ2) is 2.61. The molecule has 5 heteroatoms. The maximum absolute atomic E-state index is 11.1. The van der Waals surface area contributed by atoms with Gasteiger partial charge in [-0.25, -0.2) is 14.8 Å². The summed E-state index contributed by atoms with van der Waals surface area (Å²) in [5.41, 5.74) is 0.466. The average molecular weight is 162 g/mol. The molecular formula is C7H6N4O. The highest BCUT2D eigenvalue weighted by molar-refractivity contribution is 5.23. The van der Waals surface area contributed by atoms with E-state index in [-0.39, 0.29) is 5.69 Å². The molecule has 12 heavy (non-hydrogen) atoms. The molecule has 60 valence electrons. The van der Waals surface area contributed by atoms with Crippen molar-refractivity contribution in [2.24, 2.45) is 0 Å². The molecule has 0 fully saturated rings. The van der Waals surface area contributed by atoms with Crippen LogP contribution in [-0.4, -0.2) is 19.5 Å². The van der Waals surface area contributed by atoms with Gasteiger partial charge in [-0.05, 0) is 0 Å². The minimum Gasteiger partial charge on any atom is -0.312 e. The minimum atomic E-state index is -0.190. The van der Waals surface area contributed by atoms with Crippen LogP contribution in [0.15, 0.2) is 35.9 Å². The summed E-state index contributed by atoms with van der Waals surface area (Å²) < 4.78 is 1.43.